The molecule has 1 aliphatic rings. The first kappa shape index (κ1) is 12.2. The van der Waals surface area contributed by atoms with E-state index in [9.17, 15) is 0 Å². The van der Waals surface area contributed by atoms with Crippen molar-refractivity contribution in [1.29, 1.82) is 0 Å². The van der Waals surface area contributed by atoms with Gasteiger partial charge in [-0.3, -0.25) is 0 Å². The van der Waals surface area contributed by atoms with Crippen LogP contribution in [0.15, 0.2) is 48.5 Å². The van der Waals surface area contributed by atoms with Gasteiger partial charge in [0.15, 0.2) is 0 Å². The molecule has 1 saturated heterocycles. The van der Waals surface area contributed by atoms with Crippen LogP contribution in [0, 0.1) is 6.07 Å². The topological polar surface area (TPSA) is 12.0 Å². The third-order valence-electron chi connectivity index (χ3n) is 3.91. The third kappa shape index (κ3) is 2.19. The van der Waals surface area contributed by atoms with Gasteiger partial charge in [0.05, 0.1) is 0 Å². The molecule has 4 rings (SSSR count). The van der Waals surface area contributed by atoms with Crippen LogP contribution in [0.4, 0.5) is 0 Å². The Hall–Kier alpha value is -1.51. The van der Waals surface area contributed by atoms with Crippen molar-refractivity contribution in [3.05, 3.63) is 60.2 Å². The third-order valence-corrected chi connectivity index (χ3v) is 5.18. The summed E-state index contributed by atoms with van der Waals surface area (Å²) < 4.78 is 0. The van der Waals surface area contributed by atoms with Gasteiger partial charge in [-0.05, 0) is 45.3 Å². The number of rotatable bonds is 1. The van der Waals surface area contributed by atoms with Crippen molar-refractivity contribution in [2.24, 2.45) is 0 Å². The summed E-state index contributed by atoms with van der Waals surface area (Å²) in [7, 11) is 0. The first-order valence-electron chi connectivity index (χ1n) is 7.07. The maximum atomic E-state index is 3.63. The Morgan fingerprint density at radius 3 is 2.65 bits per heavy atom. The van der Waals surface area contributed by atoms with Crippen LogP contribution < -0.4 is 5.32 Å². The quantitative estimate of drug-likeness (QED) is 0.670. The van der Waals surface area contributed by atoms with E-state index in [4.69, 9.17) is 0 Å². The first-order valence-corrected chi connectivity index (χ1v) is 8.12. The van der Waals surface area contributed by atoms with Gasteiger partial charge in [0.1, 0.15) is 0 Å². The van der Waals surface area contributed by atoms with Crippen LogP contribution in [0.25, 0.3) is 21.5 Å². The zero-order valence-corrected chi connectivity index (χ0v) is 12.0. The fourth-order valence-electron chi connectivity index (χ4n) is 2.83. The number of thioether (sulfide) groups is 1. The molecule has 0 amide bonds. The van der Waals surface area contributed by atoms with Gasteiger partial charge in [0, 0.05) is 24.1 Å². The molecule has 0 aromatic heterocycles. The van der Waals surface area contributed by atoms with E-state index in [1.165, 1.54) is 32.9 Å². The molecule has 2 heteroatoms. The molecule has 20 heavy (non-hydrogen) atoms. The number of hydrogen-bond donors (Lipinski definition) is 1. The predicted octanol–water partition coefficient (Wildman–Crippen LogP) is 4.17. The number of benzene rings is 3. The summed E-state index contributed by atoms with van der Waals surface area (Å²) in [6.45, 7) is 2.18. The van der Waals surface area contributed by atoms with Crippen LogP contribution in [-0.2, 0) is 0 Å². The minimum Gasteiger partial charge on any atom is -0.314 e. The minimum atomic E-state index is 0.541. The zero-order valence-electron chi connectivity index (χ0n) is 11.2. The van der Waals surface area contributed by atoms with Crippen LogP contribution in [0.2, 0.25) is 0 Å². The Morgan fingerprint density at radius 1 is 1.00 bits per heavy atom. The molecule has 1 fully saturated rings. The number of fused-ring (bicyclic) bond motifs is 2. The summed E-state index contributed by atoms with van der Waals surface area (Å²) in [5.41, 5.74) is 1.32. The monoisotopic (exact) mass is 278 g/mol. The van der Waals surface area contributed by atoms with Crippen LogP contribution in [0.3, 0.4) is 0 Å². The summed E-state index contributed by atoms with van der Waals surface area (Å²) in [6.07, 6.45) is 0. The van der Waals surface area contributed by atoms with Crippen molar-refractivity contribution < 1.29 is 0 Å². The van der Waals surface area contributed by atoms with Crippen molar-refractivity contribution >= 4 is 33.3 Å². The molecule has 1 nitrogen and oxygen atoms in total. The maximum Gasteiger partial charge on any atom is 0.0428 e. The van der Waals surface area contributed by atoms with Crippen molar-refractivity contribution in [2.45, 2.75) is 5.25 Å². The molecular formula is C18H16NS. The summed E-state index contributed by atoms with van der Waals surface area (Å²) >= 11 is 2.03. The normalized spacial score (nSPS) is 19.5. The van der Waals surface area contributed by atoms with Gasteiger partial charge in [-0.15, -0.1) is 0 Å². The lowest BCUT2D eigenvalue weighted by atomic mass is 10.0. The van der Waals surface area contributed by atoms with Gasteiger partial charge >= 0.3 is 0 Å². The molecule has 1 atom stereocenters. The van der Waals surface area contributed by atoms with E-state index in [2.05, 4.69) is 59.9 Å². The van der Waals surface area contributed by atoms with Crippen molar-refractivity contribution in [2.75, 3.05) is 18.8 Å². The highest BCUT2D eigenvalue weighted by Crippen LogP contribution is 2.32. The summed E-state index contributed by atoms with van der Waals surface area (Å²) in [6, 6.07) is 21.2. The SMILES string of the molecule is [c]1c(C2CNCCS2)ccc2cc3ccccc3cc12. The highest BCUT2D eigenvalue weighted by Gasteiger charge is 2.16. The Bertz CT molecular complexity index is 760. The fraction of sp³-hybridized carbons (Fsp3) is 0.222. The number of nitrogens with one attached hydrogen (secondary N) is 1. The van der Waals surface area contributed by atoms with Crippen molar-refractivity contribution in [3.63, 3.8) is 0 Å². The van der Waals surface area contributed by atoms with E-state index in [1.807, 2.05) is 11.8 Å². The van der Waals surface area contributed by atoms with E-state index >= 15 is 0 Å². The molecule has 99 valence electrons. The summed E-state index contributed by atoms with van der Waals surface area (Å²) in [4.78, 5) is 0. The molecule has 1 heterocycles. The Labute approximate surface area is 123 Å². The van der Waals surface area contributed by atoms with Crippen LogP contribution >= 0.6 is 11.8 Å². The lowest BCUT2D eigenvalue weighted by Crippen LogP contribution is -2.28. The second kappa shape index (κ2) is 5.12. The molecule has 3 aromatic rings. The highest BCUT2D eigenvalue weighted by molar-refractivity contribution is 7.99. The van der Waals surface area contributed by atoms with E-state index in [1.54, 1.807) is 0 Å². The number of hydrogen-bond acceptors (Lipinski definition) is 2. The van der Waals surface area contributed by atoms with Gasteiger partial charge < -0.3 is 5.32 Å². The van der Waals surface area contributed by atoms with Gasteiger partial charge in [0.2, 0.25) is 0 Å². The minimum absolute atomic E-state index is 0.541. The first-order chi connectivity index (χ1) is 9.90. The highest BCUT2D eigenvalue weighted by atomic mass is 32.2. The smallest absolute Gasteiger partial charge is 0.0428 e. The fourth-order valence-corrected chi connectivity index (χ4v) is 3.93. The Kier molecular flexibility index (Phi) is 3.13. The average Bonchev–Trinajstić information content (AvgIpc) is 2.53. The predicted molar refractivity (Wildman–Crippen MR) is 88.4 cm³/mol. The van der Waals surface area contributed by atoms with Crippen LogP contribution in [0.5, 0.6) is 0 Å². The van der Waals surface area contributed by atoms with Crippen molar-refractivity contribution in [1.82, 2.24) is 5.32 Å². The molecule has 0 bridgehead atoms. The van der Waals surface area contributed by atoms with Crippen LogP contribution in [-0.4, -0.2) is 18.8 Å². The van der Waals surface area contributed by atoms with E-state index in [0.717, 1.165) is 13.1 Å². The molecule has 1 N–H and O–H groups in total. The second-order valence-electron chi connectivity index (χ2n) is 5.26. The summed E-state index contributed by atoms with van der Waals surface area (Å²) in [5.74, 6) is 1.19. The maximum absolute atomic E-state index is 3.63. The average molecular weight is 278 g/mol. The molecular weight excluding hydrogens is 262 g/mol. The van der Waals surface area contributed by atoms with Gasteiger partial charge in [-0.2, -0.15) is 11.8 Å². The molecule has 1 aliphatic heterocycles. The standard InChI is InChI=1S/C18H16NS/c1-2-4-14-10-17-11-16(18-12-19-7-8-20-18)6-5-15(17)9-13(14)3-1/h1-6,9-10,18-19H,7-8,12H2. The van der Waals surface area contributed by atoms with Gasteiger partial charge in [-0.1, -0.05) is 36.4 Å². The van der Waals surface area contributed by atoms with Gasteiger partial charge in [-0.25, -0.2) is 0 Å². The lowest BCUT2D eigenvalue weighted by Gasteiger charge is -2.22. The Balaban J connectivity index is 1.83. The molecule has 0 spiro atoms. The Morgan fingerprint density at radius 2 is 1.85 bits per heavy atom. The zero-order chi connectivity index (χ0) is 13.4. The molecule has 1 unspecified atom stereocenters. The lowest BCUT2D eigenvalue weighted by molar-refractivity contribution is 0.689. The van der Waals surface area contributed by atoms with Crippen molar-refractivity contribution in [3.8, 4) is 0 Å². The van der Waals surface area contributed by atoms with E-state index < -0.39 is 0 Å². The summed E-state index contributed by atoms with van der Waals surface area (Å²) in [5, 5.41) is 9.11. The molecule has 1 radical (unpaired) electrons. The second-order valence-corrected chi connectivity index (χ2v) is 6.57. The van der Waals surface area contributed by atoms with E-state index in [0.29, 0.717) is 5.25 Å². The molecule has 0 saturated carbocycles. The largest absolute Gasteiger partial charge is 0.314 e. The van der Waals surface area contributed by atoms with Crippen LogP contribution in [0.1, 0.15) is 10.8 Å². The van der Waals surface area contributed by atoms with Gasteiger partial charge in [0.25, 0.3) is 0 Å². The molecule has 3 aromatic carbocycles. The molecule has 0 aliphatic carbocycles. The van der Waals surface area contributed by atoms with E-state index in [-0.39, 0.29) is 0 Å².